The molecule has 0 atom stereocenters. The average Bonchev–Trinajstić information content (AvgIpc) is 2.51. The first-order valence-electron chi connectivity index (χ1n) is 4.50. The van der Waals surface area contributed by atoms with Gasteiger partial charge >= 0.3 is 6.18 Å². The number of aromatic nitrogens is 1. The molecule has 0 radical (unpaired) electrons. The molecule has 0 spiro atoms. The molecule has 0 saturated heterocycles. The summed E-state index contributed by atoms with van der Waals surface area (Å²) in [5.41, 5.74) is 6.33. The monoisotopic (exact) mass is 222 g/mol. The molecule has 0 amide bonds. The lowest BCUT2D eigenvalue weighted by Gasteiger charge is -2.07. The molecule has 15 heavy (non-hydrogen) atoms. The molecule has 1 aromatic rings. The Morgan fingerprint density at radius 1 is 1.40 bits per heavy atom. The second kappa shape index (κ2) is 5.18. The molecule has 0 aliphatic rings. The maximum Gasteiger partial charge on any atom is 0.411 e. The summed E-state index contributed by atoms with van der Waals surface area (Å²) in [7, 11) is 0. The molecule has 1 rings (SSSR count). The van der Waals surface area contributed by atoms with Crippen LogP contribution in [0.25, 0.3) is 0 Å². The molecular weight excluding hydrogens is 209 g/mol. The Kier molecular flexibility index (Phi) is 4.16. The summed E-state index contributed by atoms with van der Waals surface area (Å²) < 4.78 is 41.2. The Morgan fingerprint density at radius 3 is 2.73 bits per heavy atom. The Hall–Kier alpha value is -1.01. The van der Waals surface area contributed by atoms with Crippen LogP contribution in [0.15, 0.2) is 18.5 Å². The van der Waals surface area contributed by atoms with E-state index in [-0.39, 0.29) is 6.73 Å². The zero-order chi connectivity index (χ0) is 11.3. The fourth-order valence-corrected chi connectivity index (χ4v) is 1.15. The van der Waals surface area contributed by atoms with Crippen LogP contribution in [-0.2, 0) is 17.9 Å². The van der Waals surface area contributed by atoms with E-state index >= 15 is 0 Å². The Labute approximate surface area is 85.6 Å². The summed E-state index contributed by atoms with van der Waals surface area (Å²) in [6, 6.07) is 1.81. The molecule has 6 heteroatoms. The van der Waals surface area contributed by atoms with E-state index in [0.29, 0.717) is 13.0 Å². The van der Waals surface area contributed by atoms with Gasteiger partial charge in [-0.3, -0.25) is 0 Å². The fraction of sp³-hybridized carbons (Fsp3) is 0.556. The van der Waals surface area contributed by atoms with E-state index in [1.807, 2.05) is 6.07 Å². The Bertz CT molecular complexity index is 296. The molecule has 1 aromatic heterocycles. The molecule has 3 nitrogen and oxygen atoms in total. The van der Waals surface area contributed by atoms with Crippen molar-refractivity contribution in [2.24, 2.45) is 5.73 Å². The second-order valence-corrected chi connectivity index (χ2v) is 3.17. The lowest BCUT2D eigenvalue weighted by Crippen LogP contribution is -2.18. The van der Waals surface area contributed by atoms with E-state index in [1.54, 1.807) is 17.0 Å². The molecule has 2 N–H and O–H groups in total. The minimum Gasteiger partial charge on any atom is -0.351 e. The van der Waals surface area contributed by atoms with Crippen molar-refractivity contribution in [1.29, 1.82) is 0 Å². The van der Waals surface area contributed by atoms with Crippen LogP contribution in [0, 0.1) is 0 Å². The summed E-state index contributed by atoms with van der Waals surface area (Å²) in [5, 5.41) is 0. The quantitative estimate of drug-likeness (QED) is 0.820. The van der Waals surface area contributed by atoms with E-state index in [0.717, 1.165) is 5.56 Å². The van der Waals surface area contributed by atoms with Gasteiger partial charge in [0.05, 0.1) is 0 Å². The summed E-state index contributed by atoms with van der Waals surface area (Å²) >= 11 is 0. The van der Waals surface area contributed by atoms with Crippen LogP contribution in [0.3, 0.4) is 0 Å². The van der Waals surface area contributed by atoms with E-state index in [1.165, 1.54) is 0 Å². The average molecular weight is 222 g/mol. The topological polar surface area (TPSA) is 40.2 Å². The molecule has 0 fully saturated rings. The Morgan fingerprint density at radius 2 is 2.13 bits per heavy atom. The van der Waals surface area contributed by atoms with Gasteiger partial charge in [-0.25, -0.2) is 0 Å². The minimum atomic E-state index is -4.27. The van der Waals surface area contributed by atoms with Crippen molar-refractivity contribution in [3.8, 4) is 0 Å². The van der Waals surface area contributed by atoms with Crippen molar-refractivity contribution in [3.63, 3.8) is 0 Å². The third-order valence-corrected chi connectivity index (χ3v) is 1.75. The molecule has 0 saturated carbocycles. The number of nitrogens with zero attached hydrogens (tertiary/aromatic N) is 1. The van der Waals surface area contributed by atoms with Crippen LogP contribution in [0.5, 0.6) is 0 Å². The number of halogens is 3. The second-order valence-electron chi connectivity index (χ2n) is 3.17. The molecule has 0 bridgehead atoms. The molecule has 86 valence electrons. The lowest BCUT2D eigenvalue weighted by atomic mass is 10.2. The van der Waals surface area contributed by atoms with Crippen LogP contribution < -0.4 is 5.73 Å². The number of alkyl halides is 3. The highest BCUT2D eigenvalue weighted by atomic mass is 19.4. The SMILES string of the molecule is NCCc1ccn(COCC(F)(F)F)c1. The number of nitrogens with two attached hydrogens (primary N) is 1. The molecule has 0 unspecified atom stereocenters. The minimum absolute atomic E-state index is 0.0932. The zero-order valence-electron chi connectivity index (χ0n) is 8.13. The summed E-state index contributed by atoms with van der Waals surface area (Å²) in [6.07, 6.45) is -0.163. The van der Waals surface area contributed by atoms with Crippen molar-refractivity contribution in [3.05, 3.63) is 24.0 Å². The molecule has 0 aromatic carbocycles. The van der Waals surface area contributed by atoms with Crippen LogP contribution in [-0.4, -0.2) is 23.9 Å². The van der Waals surface area contributed by atoms with Gasteiger partial charge in [-0.2, -0.15) is 13.2 Å². The van der Waals surface area contributed by atoms with E-state index in [9.17, 15) is 13.2 Å². The van der Waals surface area contributed by atoms with Gasteiger partial charge in [0.25, 0.3) is 0 Å². The van der Waals surface area contributed by atoms with E-state index in [4.69, 9.17) is 5.73 Å². The van der Waals surface area contributed by atoms with Crippen LogP contribution >= 0.6 is 0 Å². The number of ether oxygens (including phenoxy) is 1. The molecule has 0 aliphatic carbocycles. The van der Waals surface area contributed by atoms with Crippen LogP contribution in [0.4, 0.5) is 13.2 Å². The Balaban J connectivity index is 2.31. The first kappa shape index (κ1) is 12.1. The predicted octanol–water partition coefficient (Wildman–Crippen LogP) is 1.53. The van der Waals surface area contributed by atoms with Crippen molar-refractivity contribution in [2.45, 2.75) is 19.3 Å². The van der Waals surface area contributed by atoms with Gasteiger partial charge < -0.3 is 15.0 Å². The lowest BCUT2D eigenvalue weighted by molar-refractivity contribution is -0.181. The highest BCUT2D eigenvalue weighted by Gasteiger charge is 2.27. The van der Waals surface area contributed by atoms with Crippen LogP contribution in [0.1, 0.15) is 5.56 Å². The van der Waals surface area contributed by atoms with Gasteiger partial charge in [-0.15, -0.1) is 0 Å². The van der Waals surface area contributed by atoms with Crippen LogP contribution in [0.2, 0.25) is 0 Å². The smallest absolute Gasteiger partial charge is 0.351 e. The van der Waals surface area contributed by atoms with Crippen molar-refractivity contribution in [1.82, 2.24) is 4.57 Å². The standard InChI is InChI=1S/C9H13F3N2O/c10-9(11,12)6-15-7-14-4-2-8(5-14)1-3-13/h2,4-5H,1,3,6-7,13H2. The maximum atomic E-state index is 11.7. The highest BCUT2D eigenvalue weighted by Crippen LogP contribution is 2.14. The van der Waals surface area contributed by atoms with Crippen molar-refractivity contribution >= 4 is 0 Å². The first-order valence-corrected chi connectivity index (χ1v) is 4.50. The fourth-order valence-electron chi connectivity index (χ4n) is 1.15. The van der Waals surface area contributed by atoms with Crippen molar-refractivity contribution < 1.29 is 17.9 Å². The summed E-state index contributed by atoms with van der Waals surface area (Å²) in [4.78, 5) is 0. The van der Waals surface area contributed by atoms with Gasteiger partial charge in [0.15, 0.2) is 0 Å². The third-order valence-electron chi connectivity index (χ3n) is 1.75. The largest absolute Gasteiger partial charge is 0.411 e. The number of hydrogen-bond acceptors (Lipinski definition) is 2. The van der Waals surface area contributed by atoms with Gasteiger partial charge in [-0.05, 0) is 24.6 Å². The summed E-state index contributed by atoms with van der Waals surface area (Å²) in [5.74, 6) is 0. The number of rotatable bonds is 5. The maximum absolute atomic E-state index is 11.7. The first-order chi connectivity index (χ1) is 7.01. The molecular formula is C9H13F3N2O. The van der Waals surface area contributed by atoms with Crippen molar-refractivity contribution in [2.75, 3.05) is 13.2 Å². The van der Waals surface area contributed by atoms with Gasteiger partial charge in [-0.1, -0.05) is 0 Å². The molecule has 0 aliphatic heterocycles. The highest BCUT2D eigenvalue weighted by molar-refractivity contribution is 5.10. The number of hydrogen-bond donors (Lipinski definition) is 1. The van der Waals surface area contributed by atoms with E-state index in [2.05, 4.69) is 4.74 Å². The van der Waals surface area contributed by atoms with Gasteiger partial charge in [0.2, 0.25) is 0 Å². The normalized spacial score (nSPS) is 12.0. The van der Waals surface area contributed by atoms with Gasteiger partial charge in [0.1, 0.15) is 13.3 Å². The van der Waals surface area contributed by atoms with E-state index < -0.39 is 12.8 Å². The van der Waals surface area contributed by atoms with Gasteiger partial charge in [0, 0.05) is 12.4 Å². The third kappa shape index (κ3) is 4.85. The summed E-state index contributed by atoms with van der Waals surface area (Å²) in [6.45, 7) is -0.797. The molecule has 1 heterocycles. The predicted molar refractivity (Wildman–Crippen MR) is 49.2 cm³/mol. The zero-order valence-corrected chi connectivity index (χ0v) is 8.13.